The molecule has 2 aliphatic rings. The summed E-state index contributed by atoms with van der Waals surface area (Å²) in [5, 5.41) is 6.22. The first kappa shape index (κ1) is 8.53. The Balaban J connectivity index is 1.78. The van der Waals surface area contributed by atoms with Crippen molar-refractivity contribution in [3.05, 3.63) is 0 Å². The molecule has 13 heavy (non-hydrogen) atoms. The van der Waals surface area contributed by atoms with Gasteiger partial charge in [0.1, 0.15) is 0 Å². The maximum atomic E-state index is 10.9. The van der Waals surface area contributed by atoms with Gasteiger partial charge in [0.25, 0.3) is 0 Å². The van der Waals surface area contributed by atoms with Crippen LogP contribution in [0.3, 0.4) is 0 Å². The Morgan fingerprint density at radius 1 is 1.46 bits per heavy atom. The Morgan fingerprint density at radius 3 is 3.00 bits per heavy atom. The Morgan fingerprint density at radius 2 is 2.38 bits per heavy atom. The summed E-state index contributed by atoms with van der Waals surface area (Å²) in [4.78, 5) is 15.2. The summed E-state index contributed by atoms with van der Waals surface area (Å²) in [5.41, 5.74) is 0. The van der Waals surface area contributed by atoms with Gasteiger partial charge in [-0.1, -0.05) is 0 Å². The minimum Gasteiger partial charge on any atom is -0.369 e. The fourth-order valence-corrected chi connectivity index (χ4v) is 1.75. The lowest BCUT2D eigenvalue weighted by molar-refractivity contribution is -0.122. The van der Waals surface area contributed by atoms with Crippen molar-refractivity contribution in [1.29, 1.82) is 0 Å². The number of rotatable bonds is 1. The predicted octanol–water partition coefficient (Wildman–Crippen LogP) is 0.0469. The van der Waals surface area contributed by atoms with Gasteiger partial charge in [0.2, 0.25) is 5.91 Å². The van der Waals surface area contributed by atoms with Gasteiger partial charge < -0.3 is 10.6 Å². The molecule has 0 aromatic carbocycles. The maximum absolute atomic E-state index is 10.9. The molecule has 2 N–H and O–H groups in total. The van der Waals surface area contributed by atoms with Gasteiger partial charge in [0.15, 0.2) is 0 Å². The van der Waals surface area contributed by atoms with Crippen molar-refractivity contribution in [1.82, 2.24) is 10.6 Å². The molecule has 2 aliphatic heterocycles. The standard InChI is InChI=1S/C9H15N3O/c13-9-4-3-7(6-11-9)12-8-2-1-5-10-8/h7H,1-6H2,(H,10,12)(H,11,13). The van der Waals surface area contributed by atoms with Gasteiger partial charge in [-0.3, -0.25) is 9.79 Å². The quantitative estimate of drug-likeness (QED) is 0.600. The predicted molar refractivity (Wildman–Crippen MR) is 50.7 cm³/mol. The molecule has 0 aliphatic carbocycles. The SMILES string of the molecule is O=C1CCC(NC2=NCCC2)CN1. The number of hydrogen-bond acceptors (Lipinski definition) is 3. The second-order valence-electron chi connectivity index (χ2n) is 3.62. The zero-order valence-corrected chi connectivity index (χ0v) is 7.68. The topological polar surface area (TPSA) is 53.5 Å². The molecule has 1 amide bonds. The second kappa shape index (κ2) is 3.77. The summed E-state index contributed by atoms with van der Waals surface area (Å²) in [6.45, 7) is 1.71. The minimum atomic E-state index is 0.173. The van der Waals surface area contributed by atoms with Gasteiger partial charge in [0.05, 0.1) is 5.84 Å². The highest BCUT2D eigenvalue weighted by Gasteiger charge is 2.19. The van der Waals surface area contributed by atoms with Crippen molar-refractivity contribution in [3.8, 4) is 0 Å². The Kier molecular flexibility index (Phi) is 2.47. The molecule has 1 atom stereocenters. The molecule has 72 valence electrons. The lowest BCUT2D eigenvalue weighted by Gasteiger charge is -2.24. The molecule has 1 saturated heterocycles. The number of carbonyl (C=O) groups excluding carboxylic acids is 1. The van der Waals surface area contributed by atoms with Crippen LogP contribution < -0.4 is 10.6 Å². The molecule has 0 bridgehead atoms. The fraction of sp³-hybridized carbons (Fsp3) is 0.778. The highest BCUT2D eigenvalue weighted by atomic mass is 16.1. The van der Waals surface area contributed by atoms with Crippen LogP contribution in [0.2, 0.25) is 0 Å². The van der Waals surface area contributed by atoms with Crippen molar-refractivity contribution in [2.24, 2.45) is 4.99 Å². The number of amidine groups is 1. The van der Waals surface area contributed by atoms with Gasteiger partial charge >= 0.3 is 0 Å². The van der Waals surface area contributed by atoms with Crippen molar-refractivity contribution >= 4 is 11.7 Å². The van der Waals surface area contributed by atoms with E-state index in [1.165, 1.54) is 6.42 Å². The van der Waals surface area contributed by atoms with Crippen LogP contribution in [-0.4, -0.2) is 30.9 Å². The molecular weight excluding hydrogens is 166 g/mol. The first-order valence-corrected chi connectivity index (χ1v) is 4.91. The number of nitrogens with one attached hydrogen (secondary N) is 2. The van der Waals surface area contributed by atoms with Gasteiger partial charge in [-0.15, -0.1) is 0 Å². The highest BCUT2D eigenvalue weighted by molar-refractivity contribution is 5.84. The Bertz CT molecular complexity index is 227. The minimum absolute atomic E-state index is 0.173. The van der Waals surface area contributed by atoms with Gasteiger partial charge in [0, 0.05) is 32.0 Å². The molecule has 2 rings (SSSR count). The summed E-state index contributed by atoms with van der Waals surface area (Å²) >= 11 is 0. The molecule has 0 aromatic rings. The van der Waals surface area contributed by atoms with E-state index < -0.39 is 0 Å². The summed E-state index contributed by atoms with van der Waals surface area (Å²) in [5.74, 6) is 1.30. The monoisotopic (exact) mass is 181 g/mol. The number of nitrogens with zero attached hydrogens (tertiary/aromatic N) is 1. The molecule has 0 radical (unpaired) electrons. The van der Waals surface area contributed by atoms with E-state index in [1.807, 2.05) is 0 Å². The average molecular weight is 181 g/mol. The van der Waals surface area contributed by atoms with Crippen LogP contribution in [-0.2, 0) is 4.79 Å². The molecule has 0 saturated carbocycles. The fourth-order valence-electron chi connectivity index (χ4n) is 1.75. The summed E-state index contributed by atoms with van der Waals surface area (Å²) in [6.07, 6.45) is 3.82. The molecule has 0 spiro atoms. The van der Waals surface area contributed by atoms with Crippen LogP contribution in [0.15, 0.2) is 4.99 Å². The largest absolute Gasteiger partial charge is 0.369 e. The van der Waals surface area contributed by atoms with Gasteiger partial charge in [-0.05, 0) is 12.8 Å². The molecule has 4 heteroatoms. The van der Waals surface area contributed by atoms with Crippen LogP contribution >= 0.6 is 0 Å². The first-order valence-electron chi connectivity index (χ1n) is 4.91. The average Bonchev–Trinajstić information content (AvgIpc) is 2.62. The van der Waals surface area contributed by atoms with Crippen LogP contribution in [0.1, 0.15) is 25.7 Å². The van der Waals surface area contributed by atoms with Gasteiger partial charge in [-0.2, -0.15) is 0 Å². The first-order chi connectivity index (χ1) is 6.34. The Labute approximate surface area is 77.8 Å². The smallest absolute Gasteiger partial charge is 0.220 e. The second-order valence-corrected chi connectivity index (χ2v) is 3.62. The normalized spacial score (nSPS) is 28.2. The zero-order chi connectivity index (χ0) is 9.10. The van der Waals surface area contributed by atoms with Crippen LogP contribution in [0, 0.1) is 0 Å². The van der Waals surface area contributed by atoms with E-state index in [0.717, 1.165) is 31.8 Å². The molecule has 4 nitrogen and oxygen atoms in total. The number of hydrogen-bond donors (Lipinski definition) is 2. The Hall–Kier alpha value is -1.06. The highest BCUT2D eigenvalue weighted by Crippen LogP contribution is 2.06. The number of piperidine rings is 1. The lowest BCUT2D eigenvalue weighted by Crippen LogP contribution is -2.47. The molecule has 2 heterocycles. The van der Waals surface area contributed by atoms with E-state index >= 15 is 0 Å². The summed E-state index contributed by atoms with van der Waals surface area (Å²) in [6, 6.07) is 0.398. The summed E-state index contributed by atoms with van der Waals surface area (Å²) in [7, 11) is 0. The van der Waals surface area contributed by atoms with E-state index in [9.17, 15) is 4.79 Å². The third kappa shape index (κ3) is 2.20. The van der Waals surface area contributed by atoms with E-state index in [1.54, 1.807) is 0 Å². The van der Waals surface area contributed by atoms with E-state index in [2.05, 4.69) is 15.6 Å². The zero-order valence-electron chi connectivity index (χ0n) is 7.68. The van der Waals surface area contributed by atoms with Crippen molar-refractivity contribution in [2.45, 2.75) is 31.7 Å². The number of carbonyl (C=O) groups is 1. The van der Waals surface area contributed by atoms with E-state index in [0.29, 0.717) is 12.5 Å². The van der Waals surface area contributed by atoms with Gasteiger partial charge in [-0.25, -0.2) is 0 Å². The molecule has 1 fully saturated rings. The summed E-state index contributed by atoms with van der Waals surface area (Å²) < 4.78 is 0. The third-order valence-electron chi connectivity index (χ3n) is 2.51. The maximum Gasteiger partial charge on any atom is 0.220 e. The van der Waals surface area contributed by atoms with Crippen LogP contribution in [0.5, 0.6) is 0 Å². The molecule has 1 unspecified atom stereocenters. The van der Waals surface area contributed by atoms with Crippen molar-refractivity contribution in [2.75, 3.05) is 13.1 Å². The lowest BCUT2D eigenvalue weighted by atomic mass is 10.1. The number of aliphatic imine (C=N–C) groups is 1. The van der Waals surface area contributed by atoms with Crippen LogP contribution in [0.25, 0.3) is 0 Å². The number of amides is 1. The van der Waals surface area contributed by atoms with E-state index in [-0.39, 0.29) is 5.91 Å². The van der Waals surface area contributed by atoms with Crippen molar-refractivity contribution in [3.63, 3.8) is 0 Å². The molecular formula is C9H15N3O. The third-order valence-corrected chi connectivity index (χ3v) is 2.51. The van der Waals surface area contributed by atoms with Crippen LogP contribution in [0.4, 0.5) is 0 Å². The van der Waals surface area contributed by atoms with E-state index in [4.69, 9.17) is 0 Å². The van der Waals surface area contributed by atoms with Crippen molar-refractivity contribution < 1.29 is 4.79 Å². The molecule has 0 aromatic heterocycles.